The Morgan fingerprint density at radius 2 is 1.78 bits per heavy atom. The van der Waals surface area contributed by atoms with Crippen LogP contribution in [-0.2, 0) is 16.1 Å². The molecule has 0 N–H and O–H groups in total. The second-order valence-electron chi connectivity index (χ2n) is 6.19. The molecule has 27 heavy (non-hydrogen) atoms. The number of halogens is 3. The lowest BCUT2D eigenvalue weighted by atomic mass is 10.2. The zero-order valence-corrected chi connectivity index (χ0v) is 14.7. The van der Waals surface area contributed by atoms with Crippen LogP contribution in [0.1, 0.15) is 5.56 Å². The lowest BCUT2D eigenvalue weighted by molar-refractivity contribution is -0.535. The molecule has 0 aliphatic carbocycles. The highest BCUT2D eigenvalue weighted by atomic mass is 35.5. The number of anilines is 1. The van der Waals surface area contributed by atoms with Gasteiger partial charge in [0.05, 0.1) is 10.6 Å². The Morgan fingerprint density at radius 3 is 2.48 bits per heavy atom. The normalized spacial score (nSPS) is 19.4. The minimum atomic E-state index is -0.841. The molecule has 2 aromatic carbocycles. The molecule has 1 saturated heterocycles. The third kappa shape index (κ3) is 3.06. The number of carbonyl (C=O) groups excluding carboxylic acids is 2. The lowest BCUT2D eigenvalue weighted by Gasteiger charge is -2.27. The molecule has 0 spiro atoms. The van der Waals surface area contributed by atoms with Crippen LogP contribution in [0, 0.1) is 11.6 Å². The summed E-state index contributed by atoms with van der Waals surface area (Å²) in [6, 6.07) is 9.96. The average molecular weight is 392 g/mol. The van der Waals surface area contributed by atoms with E-state index in [1.807, 2.05) is 0 Å². The molecule has 2 heterocycles. The summed E-state index contributed by atoms with van der Waals surface area (Å²) in [5, 5.41) is 4.48. The molecule has 4 rings (SSSR count). The van der Waals surface area contributed by atoms with Crippen molar-refractivity contribution in [2.24, 2.45) is 5.11 Å². The van der Waals surface area contributed by atoms with Crippen LogP contribution in [0.15, 0.2) is 47.6 Å². The maximum atomic E-state index is 14.1. The molecule has 0 aromatic heterocycles. The van der Waals surface area contributed by atoms with Crippen molar-refractivity contribution >= 4 is 29.1 Å². The zero-order chi connectivity index (χ0) is 19.1. The highest BCUT2D eigenvalue weighted by Gasteiger charge is 2.49. The van der Waals surface area contributed by atoms with Gasteiger partial charge in [-0.3, -0.25) is 9.69 Å². The maximum absolute atomic E-state index is 14.1. The maximum Gasteiger partial charge on any atom is 0.502 e. The van der Waals surface area contributed by atoms with Gasteiger partial charge in [0.2, 0.25) is 6.54 Å². The standard InChI is InChI=1S/C18H14ClF2N4O2/c19-14-2-1-3-15(21)13(14)10-25-17(27)16(26)24-9-8-23(18(24)22-25)12-6-4-11(20)5-7-12/h1-7,18H,8-10H2/q+1. The third-order valence-electron chi connectivity index (χ3n) is 4.59. The van der Waals surface area contributed by atoms with E-state index in [1.165, 1.54) is 35.2 Å². The van der Waals surface area contributed by atoms with E-state index in [4.69, 9.17) is 11.6 Å². The van der Waals surface area contributed by atoms with E-state index in [0.29, 0.717) is 18.8 Å². The van der Waals surface area contributed by atoms with Crippen molar-refractivity contribution in [1.29, 1.82) is 0 Å². The minimum absolute atomic E-state index is 0.0869. The van der Waals surface area contributed by atoms with Gasteiger partial charge in [0, 0.05) is 23.9 Å². The lowest BCUT2D eigenvalue weighted by Crippen LogP contribution is -2.51. The van der Waals surface area contributed by atoms with E-state index in [2.05, 4.69) is 5.11 Å². The number of azo groups is 2. The second-order valence-corrected chi connectivity index (χ2v) is 6.60. The van der Waals surface area contributed by atoms with Crippen LogP contribution < -0.4 is 4.90 Å². The number of rotatable bonds is 3. The van der Waals surface area contributed by atoms with Gasteiger partial charge >= 0.3 is 11.8 Å². The quantitative estimate of drug-likeness (QED) is 0.597. The summed E-state index contributed by atoms with van der Waals surface area (Å²) in [6.07, 6.45) is -0.758. The Kier molecular flexibility index (Phi) is 4.35. The Labute approximate surface area is 158 Å². The fourth-order valence-electron chi connectivity index (χ4n) is 3.20. The van der Waals surface area contributed by atoms with Crippen LogP contribution in [0.3, 0.4) is 0 Å². The van der Waals surface area contributed by atoms with E-state index < -0.39 is 23.9 Å². The van der Waals surface area contributed by atoms with Crippen molar-refractivity contribution in [3.8, 4) is 0 Å². The fraction of sp³-hybridized carbons (Fsp3) is 0.222. The summed E-state index contributed by atoms with van der Waals surface area (Å²) in [5.41, 5.74) is 0.752. The molecule has 2 amide bonds. The van der Waals surface area contributed by atoms with Crippen molar-refractivity contribution in [3.63, 3.8) is 0 Å². The fourth-order valence-corrected chi connectivity index (χ4v) is 3.42. The number of carbonyl (C=O) groups is 2. The molecule has 0 saturated carbocycles. The SMILES string of the molecule is O=C1C(=O)[N+](Cc2c(F)cccc2Cl)=NC2N1CCN2c1ccc(F)cc1. The smallest absolute Gasteiger partial charge is 0.326 e. The summed E-state index contributed by atoms with van der Waals surface area (Å²) in [6.45, 7) is 0.495. The van der Waals surface area contributed by atoms with Gasteiger partial charge in [-0.1, -0.05) is 17.7 Å². The van der Waals surface area contributed by atoms with Gasteiger partial charge in [-0.2, -0.15) is 0 Å². The molecule has 9 heteroatoms. The van der Waals surface area contributed by atoms with Crippen LogP contribution in [0.5, 0.6) is 0 Å². The predicted molar refractivity (Wildman–Crippen MR) is 92.1 cm³/mol. The topological polar surface area (TPSA) is 56.0 Å². The highest BCUT2D eigenvalue weighted by Crippen LogP contribution is 2.28. The number of nitrogens with zero attached hydrogens (tertiary/aromatic N) is 4. The summed E-state index contributed by atoms with van der Waals surface area (Å²) in [4.78, 5) is 28.0. The number of amides is 2. The van der Waals surface area contributed by atoms with Gasteiger partial charge in [0.1, 0.15) is 11.6 Å². The average Bonchev–Trinajstić information content (AvgIpc) is 3.07. The molecule has 2 aliphatic rings. The number of hydrogen-bond donors (Lipinski definition) is 0. The van der Waals surface area contributed by atoms with Crippen LogP contribution in [0.4, 0.5) is 14.5 Å². The largest absolute Gasteiger partial charge is 0.502 e. The molecule has 2 aliphatic heterocycles. The van der Waals surface area contributed by atoms with Crippen molar-refractivity contribution in [1.82, 2.24) is 4.90 Å². The summed E-state index contributed by atoms with van der Waals surface area (Å²) >= 11 is 6.02. The van der Waals surface area contributed by atoms with Gasteiger partial charge in [0.25, 0.3) is 6.29 Å². The van der Waals surface area contributed by atoms with Gasteiger partial charge < -0.3 is 4.90 Å². The second kappa shape index (κ2) is 6.70. The van der Waals surface area contributed by atoms with Gasteiger partial charge in [0.15, 0.2) is 0 Å². The Bertz CT molecular complexity index is 944. The van der Waals surface area contributed by atoms with Crippen molar-refractivity contribution in [2.75, 3.05) is 18.0 Å². The Hall–Kier alpha value is -2.87. The molecular formula is C18H14ClF2N4O2+. The predicted octanol–water partition coefficient (Wildman–Crippen LogP) is 2.76. The summed E-state index contributed by atoms with van der Waals surface area (Å²) in [7, 11) is 0. The molecule has 1 atom stereocenters. The zero-order valence-electron chi connectivity index (χ0n) is 14.0. The van der Waals surface area contributed by atoms with E-state index in [0.717, 1.165) is 4.70 Å². The first-order valence-electron chi connectivity index (χ1n) is 8.24. The minimum Gasteiger partial charge on any atom is -0.326 e. The van der Waals surface area contributed by atoms with E-state index in [9.17, 15) is 18.4 Å². The molecule has 2 aromatic rings. The van der Waals surface area contributed by atoms with E-state index in [1.54, 1.807) is 17.0 Å². The number of hydrogen-bond acceptors (Lipinski definition) is 4. The van der Waals surface area contributed by atoms with Crippen LogP contribution in [0.2, 0.25) is 5.02 Å². The molecule has 1 fully saturated rings. The molecule has 6 nitrogen and oxygen atoms in total. The Morgan fingerprint density at radius 1 is 1.07 bits per heavy atom. The molecule has 138 valence electrons. The summed E-state index contributed by atoms with van der Waals surface area (Å²) < 4.78 is 28.2. The molecular weight excluding hydrogens is 378 g/mol. The third-order valence-corrected chi connectivity index (χ3v) is 4.94. The number of benzene rings is 2. The van der Waals surface area contributed by atoms with Crippen LogP contribution >= 0.6 is 11.6 Å². The first kappa shape index (κ1) is 17.5. The van der Waals surface area contributed by atoms with E-state index in [-0.39, 0.29) is 22.9 Å². The van der Waals surface area contributed by atoms with Gasteiger partial charge in [-0.15, -0.1) is 0 Å². The van der Waals surface area contributed by atoms with E-state index >= 15 is 0 Å². The molecule has 0 bridgehead atoms. The summed E-state index contributed by atoms with van der Waals surface area (Å²) in [5.74, 6) is -2.52. The number of fused-ring (bicyclic) bond motifs is 1. The van der Waals surface area contributed by atoms with Crippen LogP contribution in [0.25, 0.3) is 0 Å². The first-order valence-corrected chi connectivity index (χ1v) is 8.62. The van der Waals surface area contributed by atoms with Gasteiger partial charge in [-0.25, -0.2) is 13.6 Å². The molecule has 0 radical (unpaired) electrons. The highest BCUT2D eigenvalue weighted by molar-refractivity contribution is 6.32. The molecule has 1 unspecified atom stereocenters. The Balaban J connectivity index is 1.70. The monoisotopic (exact) mass is 391 g/mol. The first-order chi connectivity index (χ1) is 13.0. The van der Waals surface area contributed by atoms with Crippen molar-refractivity contribution in [2.45, 2.75) is 12.8 Å². The van der Waals surface area contributed by atoms with Crippen LogP contribution in [-0.4, -0.2) is 40.8 Å². The van der Waals surface area contributed by atoms with Gasteiger partial charge in [-0.05, 0) is 41.1 Å². The van der Waals surface area contributed by atoms with Crippen molar-refractivity contribution < 1.29 is 23.1 Å². The van der Waals surface area contributed by atoms with Crippen molar-refractivity contribution in [3.05, 3.63) is 64.7 Å².